The highest BCUT2D eigenvalue weighted by Gasteiger charge is 2.50. The Morgan fingerprint density at radius 3 is 2.21 bits per heavy atom. The third-order valence-electron chi connectivity index (χ3n) is 6.41. The number of azide groups is 1. The zero-order chi connectivity index (χ0) is 24.7. The lowest BCUT2D eigenvalue weighted by Gasteiger charge is -2.48. The van der Waals surface area contributed by atoms with Crippen LogP contribution in [-0.2, 0) is 38.0 Å². The lowest BCUT2D eigenvalue weighted by molar-refractivity contribution is -0.327. The molecule has 2 heterocycles. The minimum atomic E-state index is -0.920. The molecule has 11 nitrogen and oxygen atoms in total. The molecule has 0 N–H and O–H groups in total. The van der Waals surface area contributed by atoms with Crippen LogP contribution in [0.4, 0.5) is 0 Å². The van der Waals surface area contributed by atoms with Gasteiger partial charge in [0.2, 0.25) is 0 Å². The minimum absolute atomic E-state index is 0.0624. The number of hydrogen-bond acceptors (Lipinski definition) is 9. The van der Waals surface area contributed by atoms with Crippen molar-refractivity contribution in [1.29, 1.82) is 0 Å². The van der Waals surface area contributed by atoms with Crippen LogP contribution in [0.15, 0.2) is 5.11 Å². The maximum atomic E-state index is 11.8. The first-order valence-electron chi connectivity index (χ1n) is 11.3. The van der Waals surface area contributed by atoms with E-state index < -0.39 is 48.9 Å². The highest BCUT2D eigenvalue weighted by atomic mass is 31.0. The van der Waals surface area contributed by atoms with Gasteiger partial charge in [0, 0.05) is 24.7 Å². The maximum absolute atomic E-state index is 11.8. The van der Waals surface area contributed by atoms with Gasteiger partial charge < -0.3 is 28.4 Å². The molecule has 2 aliphatic rings. The summed E-state index contributed by atoms with van der Waals surface area (Å²) in [6, 6.07) is -0.618. The first-order chi connectivity index (χ1) is 15.6. The van der Waals surface area contributed by atoms with Gasteiger partial charge in [0.1, 0.15) is 6.61 Å². The standard InChI is InChI=1S/C21H36N3O8P/c1-7-15-18(12(4)17(23-24-22)20(30-15)28-9-33)32-21-19(29-14(6)26)11(3)10(2)16(31-21)8-27-13(5)25/h10-12,15-21H,7-9,33H2,1-6H3/t10-,11+,12-,15?,16?,17?,18+,19?,20+,21+/m1/s1. The van der Waals surface area contributed by atoms with Crippen LogP contribution >= 0.6 is 9.24 Å². The molecule has 0 spiro atoms. The molecule has 0 aromatic carbocycles. The van der Waals surface area contributed by atoms with Crippen molar-refractivity contribution in [2.24, 2.45) is 22.9 Å². The van der Waals surface area contributed by atoms with Gasteiger partial charge in [-0.25, -0.2) is 0 Å². The average Bonchev–Trinajstić information content (AvgIpc) is 2.76. The number of hydrogen-bond donors (Lipinski definition) is 0. The number of ether oxygens (including phenoxy) is 6. The van der Waals surface area contributed by atoms with Gasteiger partial charge >= 0.3 is 11.9 Å². The second kappa shape index (κ2) is 12.8. The molecule has 0 saturated carbocycles. The molecule has 0 amide bonds. The van der Waals surface area contributed by atoms with Gasteiger partial charge in [-0.1, -0.05) is 32.8 Å². The molecule has 33 heavy (non-hydrogen) atoms. The summed E-state index contributed by atoms with van der Waals surface area (Å²) in [5, 5.41) is 3.89. The van der Waals surface area contributed by atoms with Crippen molar-refractivity contribution in [3.63, 3.8) is 0 Å². The molecule has 0 aromatic rings. The lowest BCUT2D eigenvalue weighted by Crippen LogP contribution is -2.59. The summed E-state index contributed by atoms with van der Waals surface area (Å²) in [5.74, 6) is -1.32. The van der Waals surface area contributed by atoms with Gasteiger partial charge in [0.15, 0.2) is 18.7 Å². The summed E-state index contributed by atoms with van der Waals surface area (Å²) >= 11 is 0. The molecule has 2 saturated heterocycles. The van der Waals surface area contributed by atoms with E-state index >= 15 is 0 Å². The highest BCUT2D eigenvalue weighted by molar-refractivity contribution is 7.16. The fourth-order valence-electron chi connectivity index (χ4n) is 4.37. The van der Waals surface area contributed by atoms with Gasteiger partial charge in [-0.2, -0.15) is 0 Å². The molecule has 2 rings (SSSR count). The van der Waals surface area contributed by atoms with E-state index in [0.717, 1.165) is 0 Å². The van der Waals surface area contributed by atoms with Crippen molar-refractivity contribution < 1.29 is 38.0 Å². The lowest BCUT2D eigenvalue weighted by atomic mass is 9.83. The maximum Gasteiger partial charge on any atom is 0.303 e. The fraction of sp³-hybridized carbons (Fsp3) is 0.905. The summed E-state index contributed by atoms with van der Waals surface area (Å²) in [4.78, 5) is 26.1. The van der Waals surface area contributed by atoms with Crippen molar-refractivity contribution in [2.75, 3.05) is 13.0 Å². The average molecular weight is 490 g/mol. The smallest absolute Gasteiger partial charge is 0.303 e. The largest absolute Gasteiger partial charge is 0.463 e. The summed E-state index contributed by atoms with van der Waals surface area (Å²) in [6.45, 7) is 10.5. The molecule has 0 bridgehead atoms. The van der Waals surface area contributed by atoms with Gasteiger partial charge in [-0.05, 0) is 23.8 Å². The fourth-order valence-corrected chi connectivity index (χ4v) is 4.56. The second-order valence-electron chi connectivity index (χ2n) is 8.58. The summed E-state index contributed by atoms with van der Waals surface area (Å²) in [7, 11) is 2.46. The van der Waals surface area contributed by atoms with Crippen LogP contribution in [0.2, 0.25) is 0 Å². The van der Waals surface area contributed by atoms with Crippen LogP contribution < -0.4 is 0 Å². The van der Waals surface area contributed by atoms with E-state index in [2.05, 4.69) is 19.3 Å². The van der Waals surface area contributed by atoms with Crippen LogP contribution in [0.25, 0.3) is 10.4 Å². The number of carbonyl (C=O) groups excluding carboxylic acids is 2. The summed E-state index contributed by atoms with van der Waals surface area (Å²) < 4.78 is 35.1. The Balaban J connectivity index is 2.31. The van der Waals surface area contributed by atoms with E-state index in [1.165, 1.54) is 13.8 Å². The third-order valence-corrected chi connectivity index (χ3v) is 6.61. The van der Waals surface area contributed by atoms with Crippen molar-refractivity contribution in [3.8, 4) is 0 Å². The van der Waals surface area contributed by atoms with Gasteiger partial charge in [-0.15, -0.1) is 9.24 Å². The van der Waals surface area contributed by atoms with E-state index in [0.29, 0.717) is 12.8 Å². The highest BCUT2D eigenvalue weighted by Crippen LogP contribution is 2.38. The normalized spacial score (nSPS) is 38.8. The zero-order valence-corrected chi connectivity index (χ0v) is 21.2. The van der Waals surface area contributed by atoms with Crippen LogP contribution in [0.5, 0.6) is 0 Å². The molecule has 5 unspecified atom stereocenters. The Kier molecular flexibility index (Phi) is 10.8. The molecule has 2 fully saturated rings. The number of rotatable bonds is 9. The Labute approximate surface area is 196 Å². The number of carbonyl (C=O) groups is 2. The van der Waals surface area contributed by atoms with Crippen LogP contribution in [0.1, 0.15) is 48.0 Å². The van der Waals surface area contributed by atoms with Crippen LogP contribution in [0.3, 0.4) is 0 Å². The zero-order valence-electron chi connectivity index (χ0n) is 20.1. The van der Waals surface area contributed by atoms with Crippen molar-refractivity contribution in [3.05, 3.63) is 10.4 Å². The van der Waals surface area contributed by atoms with Gasteiger partial charge in [0.25, 0.3) is 0 Å². The van der Waals surface area contributed by atoms with E-state index in [9.17, 15) is 9.59 Å². The van der Waals surface area contributed by atoms with Gasteiger partial charge in [-0.3, -0.25) is 9.59 Å². The van der Waals surface area contributed by atoms with E-state index in [1.54, 1.807) is 0 Å². The Bertz CT molecular complexity index is 720. The molecule has 188 valence electrons. The first-order valence-corrected chi connectivity index (χ1v) is 12.1. The third kappa shape index (κ3) is 7.01. The van der Waals surface area contributed by atoms with E-state index in [1.807, 2.05) is 27.7 Å². The molecular formula is C21H36N3O8P. The minimum Gasteiger partial charge on any atom is -0.463 e. The number of esters is 2. The molecule has 2 aliphatic heterocycles. The van der Waals surface area contributed by atoms with E-state index in [-0.39, 0.29) is 30.5 Å². The Hall–Kier alpha value is -1.48. The molecule has 12 heteroatoms. The molecule has 0 aliphatic carbocycles. The SMILES string of the molecule is CCC1O[C@H](OCP)C(N=[N+]=[N-])[C@@H](C)[C@@H]1O[C@@H]1OC(COC(C)=O)[C@H](C)[C@H](C)C1OC(C)=O. The van der Waals surface area contributed by atoms with E-state index in [4.69, 9.17) is 34.0 Å². The van der Waals surface area contributed by atoms with Crippen molar-refractivity contribution >= 4 is 21.2 Å². The van der Waals surface area contributed by atoms with Crippen LogP contribution in [0, 0.1) is 17.8 Å². The topological polar surface area (TPSA) is 138 Å². The Morgan fingerprint density at radius 2 is 1.67 bits per heavy atom. The summed E-state index contributed by atoms with van der Waals surface area (Å²) in [6.07, 6.45) is -2.69. The Morgan fingerprint density at radius 1 is 1.00 bits per heavy atom. The van der Waals surface area contributed by atoms with Gasteiger partial charge in [0.05, 0.1) is 30.7 Å². The van der Waals surface area contributed by atoms with Crippen molar-refractivity contribution in [2.45, 2.75) is 91.0 Å². The first kappa shape index (κ1) is 27.8. The summed E-state index contributed by atoms with van der Waals surface area (Å²) in [5.41, 5.74) is 9.07. The molecular weight excluding hydrogens is 453 g/mol. The predicted octanol–water partition coefficient (Wildman–Crippen LogP) is 3.16. The second-order valence-corrected chi connectivity index (χ2v) is 8.91. The van der Waals surface area contributed by atoms with Crippen molar-refractivity contribution in [1.82, 2.24) is 0 Å². The van der Waals surface area contributed by atoms with Crippen LogP contribution in [-0.4, -0.2) is 67.9 Å². The monoisotopic (exact) mass is 489 g/mol. The predicted molar refractivity (Wildman–Crippen MR) is 121 cm³/mol. The quantitative estimate of drug-likeness (QED) is 0.158. The molecule has 11 atom stereocenters. The molecule has 0 radical (unpaired) electrons. The molecule has 0 aromatic heterocycles. The number of nitrogens with zero attached hydrogens (tertiary/aromatic N) is 3.